The highest BCUT2D eigenvalue weighted by Crippen LogP contribution is 2.05. The van der Waals surface area contributed by atoms with Crippen molar-refractivity contribution < 1.29 is 9.90 Å². The second-order valence-corrected chi connectivity index (χ2v) is 4.92. The highest BCUT2D eigenvalue weighted by molar-refractivity contribution is 7.99. The van der Waals surface area contributed by atoms with Gasteiger partial charge in [0.1, 0.15) is 0 Å². The fourth-order valence-electron chi connectivity index (χ4n) is 1.52. The summed E-state index contributed by atoms with van der Waals surface area (Å²) in [5.41, 5.74) is 0. The second-order valence-electron chi connectivity index (χ2n) is 3.70. The van der Waals surface area contributed by atoms with Crippen LogP contribution in [0.3, 0.4) is 0 Å². The third-order valence-corrected chi connectivity index (χ3v) is 3.42. The SMILES string of the molecule is O=C1CCC(CNCCSCCCO)N1. The summed E-state index contributed by atoms with van der Waals surface area (Å²) in [4.78, 5) is 10.9. The normalized spacial score (nSPS) is 20.6. The van der Waals surface area contributed by atoms with Crippen LogP contribution in [-0.2, 0) is 4.79 Å². The molecule has 1 rings (SSSR count). The Bertz CT molecular complexity index is 190. The van der Waals surface area contributed by atoms with Crippen LogP contribution in [0.25, 0.3) is 0 Å². The molecule has 0 aromatic heterocycles. The van der Waals surface area contributed by atoms with Crippen LogP contribution in [0.4, 0.5) is 0 Å². The number of aliphatic hydroxyl groups is 1. The van der Waals surface area contributed by atoms with Crippen molar-refractivity contribution in [3.05, 3.63) is 0 Å². The molecule has 1 amide bonds. The standard InChI is InChI=1S/C10H20N2O2S/c13-5-1-6-15-7-4-11-8-9-2-3-10(14)12-9/h9,11,13H,1-8H2,(H,12,14). The van der Waals surface area contributed by atoms with E-state index >= 15 is 0 Å². The van der Waals surface area contributed by atoms with Crippen LogP contribution >= 0.6 is 11.8 Å². The van der Waals surface area contributed by atoms with Gasteiger partial charge in [0.15, 0.2) is 0 Å². The number of carbonyl (C=O) groups is 1. The Hall–Kier alpha value is -0.260. The molecule has 0 spiro atoms. The number of amides is 1. The van der Waals surface area contributed by atoms with Crippen molar-refractivity contribution in [2.75, 3.05) is 31.2 Å². The summed E-state index contributed by atoms with van der Waals surface area (Å²) in [5, 5.41) is 14.8. The van der Waals surface area contributed by atoms with Gasteiger partial charge in [0.25, 0.3) is 0 Å². The summed E-state index contributed by atoms with van der Waals surface area (Å²) in [6.45, 7) is 2.14. The number of carbonyl (C=O) groups excluding carboxylic acids is 1. The lowest BCUT2D eigenvalue weighted by molar-refractivity contribution is -0.119. The summed E-state index contributed by atoms with van der Waals surface area (Å²) in [6, 6.07) is 0.333. The Kier molecular flexibility index (Phi) is 6.80. The summed E-state index contributed by atoms with van der Waals surface area (Å²) < 4.78 is 0. The first-order valence-electron chi connectivity index (χ1n) is 5.51. The van der Waals surface area contributed by atoms with Gasteiger partial charge in [0.05, 0.1) is 0 Å². The van der Waals surface area contributed by atoms with E-state index in [0.29, 0.717) is 12.5 Å². The fourth-order valence-corrected chi connectivity index (χ4v) is 2.35. The number of aliphatic hydroxyl groups excluding tert-OH is 1. The molecule has 0 bridgehead atoms. The van der Waals surface area contributed by atoms with Crippen LogP contribution < -0.4 is 10.6 Å². The molecule has 1 heterocycles. The average Bonchev–Trinajstić information content (AvgIpc) is 2.63. The van der Waals surface area contributed by atoms with E-state index in [1.807, 2.05) is 11.8 Å². The van der Waals surface area contributed by atoms with Gasteiger partial charge in [0.2, 0.25) is 5.91 Å². The van der Waals surface area contributed by atoms with E-state index in [-0.39, 0.29) is 12.5 Å². The predicted octanol–water partition coefficient (Wildman–Crippen LogP) is -0.0298. The molecule has 0 aromatic rings. The second kappa shape index (κ2) is 7.96. The van der Waals surface area contributed by atoms with Gasteiger partial charge in [-0.05, 0) is 18.6 Å². The molecule has 0 aliphatic carbocycles. The molecule has 1 fully saturated rings. The van der Waals surface area contributed by atoms with Crippen LogP contribution in [-0.4, -0.2) is 48.3 Å². The number of hydrogen-bond donors (Lipinski definition) is 3. The zero-order valence-electron chi connectivity index (χ0n) is 9.00. The zero-order chi connectivity index (χ0) is 10.9. The summed E-state index contributed by atoms with van der Waals surface area (Å²) in [5.74, 6) is 2.28. The molecule has 1 saturated heterocycles. The van der Waals surface area contributed by atoms with E-state index < -0.39 is 0 Å². The van der Waals surface area contributed by atoms with E-state index in [9.17, 15) is 4.79 Å². The molecule has 88 valence electrons. The average molecular weight is 232 g/mol. The number of hydrogen-bond acceptors (Lipinski definition) is 4. The first-order valence-corrected chi connectivity index (χ1v) is 6.67. The van der Waals surface area contributed by atoms with Gasteiger partial charge >= 0.3 is 0 Å². The minimum atomic E-state index is 0.180. The van der Waals surface area contributed by atoms with E-state index in [1.54, 1.807) is 0 Å². The van der Waals surface area contributed by atoms with Crippen molar-refractivity contribution in [3.63, 3.8) is 0 Å². The predicted molar refractivity (Wildman–Crippen MR) is 63.1 cm³/mol. The minimum Gasteiger partial charge on any atom is -0.396 e. The Morgan fingerprint density at radius 2 is 2.40 bits per heavy atom. The Morgan fingerprint density at radius 3 is 3.07 bits per heavy atom. The molecule has 5 heteroatoms. The lowest BCUT2D eigenvalue weighted by atomic mass is 10.2. The third-order valence-electron chi connectivity index (χ3n) is 2.35. The molecule has 1 aliphatic heterocycles. The number of thioether (sulfide) groups is 1. The van der Waals surface area contributed by atoms with E-state index in [1.165, 1.54) is 0 Å². The van der Waals surface area contributed by atoms with Crippen LogP contribution in [0.1, 0.15) is 19.3 Å². The van der Waals surface area contributed by atoms with Crippen molar-refractivity contribution in [1.29, 1.82) is 0 Å². The van der Waals surface area contributed by atoms with Crippen LogP contribution in [0.5, 0.6) is 0 Å². The number of rotatable bonds is 8. The Morgan fingerprint density at radius 1 is 1.53 bits per heavy atom. The molecule has 1 aliphatic rings. The Balaban J connectivity index is 1.83. The maximum absolute atomic E-state index is 10.9. The lowest BCUT2D eigenvalue weighted by Crippen LogP contribution is -2.36. The maximum atomic E-state index is 10.9. The quantitative estimate of drug-likeness (QED) is 0.514. The molecule has 0 saturated carbocycles. The molecule has 0 radical (unpaired) electrons. The van der Waals surface area contributed by atoms with Gasteiger partial charge in [-0.15, -0.1) is 0 Å². The molecule has 4 nitrogen and oxygen atoms in total. The highest BCUT2D eigenvalue weighted by Gasteiger charge is 2.19. The van der Waals surface area contributed by atoms with Crippen molar-refractivity contribution in [3.8, 4) is 0 Å². The lowest BCUT2D eigenvalue weighted by Gasteiger charge is -2.10. The molecular weight excluding hydrogens is 212 g/mol. The molecule has 0 aromatic carbocycles. The maximum Gasteiger partial charge on any atom is 0.220 e. The molecule has 1 unspecified atom stereocenters. The molecule has 3 N–H and O–H groups in total. The summed E-state index contributed by atoms with van der Waals surface area (Å²) >= 11 is 1.85. The van der Waals surface area contributed by atoms with E-state index in [0.717, 1.165) is 37.4 Å². The van der Waals surface area contributed by atoms with E-state index in [4.69, 9.17) is 5.11 Å². The summed E-state index contributed by atoms with van der Waals surface area (Å²) in [6.07, 6.45) is 2.52. The van der Waals surface area contributed by atoms with Gasteiger partial charge in [0, 0.05) is 37.9 Å². The largest absolute Gasteiger partial charge is 0.396 e. The topological polar surface area (TPSA) is 61.4 Å². The molecule has 15 heavy (non-hydrogen) atoms. The minimum absolute atomic E-state index is 0.180. The van der Waals surface area contributed by atoms with Crippen LogP contribution in [0, 0.1) is 0 Å². The van der Waals surface area contributed by atoms with Crippen LogP contribution in [0.2, 0.25) is 0 Å². The smallest absolute Gasteiger partial charge is 0.220 e. The van der Waals surface area contributed by atoms with Crippen molar-refractivity contribution in [2.45, 2.75) is 25.3 Å². The number of nitrogens with one attached hydrogen (secondary N) is 2. The van der Waals surface area contributed by atoms with Gasteiger partial charge in [-0.3, -0.25) is 4.79 Å². The van der Waals surface area contributed by atoms with Crippen molar-refractivity contribution in [2.24, 2.45) is 0 Å². The van der Waals surface area contributed by atoms with Crippen molar-refractivity contribution in [1.82, 2.24) is 10.6 Å². The van der Waals surface area contributed by atoms with Crippen molar-refractivity contribution >= 4 is 17.7 Å². The molecular formula is C10H20N2O2S. The van der Waals surface area contributed by atoms with Gasteiger partial charge in [-0.2, -0.15) is 11.8 Å². The molecule has 1 atom stereocenters. The monoisotopic (exact) mass is 232 g/mol. The fraction of sp³-hybridized carbons (Fsp3) is 0.900. The van der Waals surface area contributed by atoms with Gasteiger partial charge in [-0.1, -0.05) is 0 Å². The zero-order valence-corrected chi connectivity index (χ0v) is 9.81. The summed E-state index contributed by atoms with van der Waals surface area (Å²) in [7, 11) is 0. The highest BCUT2D eigenvalue weighted by atomic mass is 32.2. The Labute approximate surface area is 95.2 Å². The first kappa shape index (κ1) is 12.8. The van der Waals surface area contributed by atoms with E-state index in [2.05, 4.69) is 10.6 Å². The third kappa shape index (κ3) is 6.02. The first-order chi connectivity index (χ1) is 7.33. The van der Waals surface area contributed by atoms with Gasteiger partial charge < -0.3 is 15.7 Å². The van der Waals surface area contributed by atoms with Gasteiger partial charge in [-0.25, -0.2) is 0 Å². The van der Waals surface area contributed by atoms with Crippen LogP contribution in [0.15, 0.2) is 0 Å².